The van der Waals surface area contributed by atoms with Crippen LogP contribution in [0, 0.1) is 10.1 Å². The van der Waals surface area contributed by atoms with E-state index in [9.17, 15) is 15.2 Å². The summed E-state index contributed by atoms with van der Waals surface area (Å²) in [6.07, 6.45) is 3.53. The largest absolute Gasteiger partial charge is 0.391 e. The zero-order chi connectivity index (χ0) is 13.1. The number of hydrogen-bond donors (Lipinski definition) is 1. The van der Waals surface area contributed by atoms with Crippen molar-refractivity contribution in [1.82, 2.24) is 0 Å². The van der Waals surface area contributed by atoms with Gasteiger partial charge in [-0.05, 0) is 38.3 Å². The molecular formula is C13H18N2O3. The van der Waals surface area contributed by atoms with Gasteiger partial charge in [-0.1, -0.05) is 0 Å². The van der Waals surface area contributed by atoms with Gasteiger partial charge in [0.05, 0.1) is 17.1 Å². The third kappa shape index (κ3) is 2.46. The third-order valence-corrected chi connectivity index (χ3v) is 3.56. The van der Waals surface area contributed by atoms with Crippen molar-refractivity contribution >= 4 is 11.4 Å². The lowest BCUT2D eigenvalue weighted by molar-refractivity contribution is -0.385. The van der Waals surface area contributed by atoms with E-state index in [-0.39, 0.29) is 12.3 Å². The molecular weight excluding hydrogens is 232 g/mol. The van der Waals surface area contributed by atoms with Crippen LogP contribution in [0.4, 0.5) is 11.4 Å². The standard InChI is InChI=1S/C13H18N2O3/c1-10-4-2-3-7-14(10)12-5-6-13(15(17)18)11(8-12)9-16/h5-6,8,10,16H,2-4,7,9H2,1H3. The van der Waals surface area contributed by atoms with Gasteiger partial charge < -0.3 is 10.0 Å². The Bertz CT molecular complexity index is 448. The Morgan fingerprint density at radius 3 is 2.89 bits per heavy atom. The molecule has 0 amide bonds. The highest BCUT2D eigenvalue weighted by atomic mass is 16.6. The summed E-state index contributed by atoms with van der Waals surface area (Å²) >= 11 is 0. The highest BCUT2D eigenvalue weighted by Gasteiger charge is 2.21. The molecule has 1 unspecified atom stereocenters. The quantitative estimate of drug-likeness (QED) is 0.661. The van der Waals surface area contributed by atoms with Gasteiger partial charge in [-0.3, -0.25) is 10.1 Å². The summed E-state index contributed by atoms with van der Waals surface area (Å²) < 4.78 is 0. The van der Waals surface area contributed by atoms with Gasteiger partial charge in [0.15, 0.2) is 0 Å². The first kappa shape index (κ1) is 12.8. The second kappa shape index (κ2) is 5.35. The molecule has 0 aromatic heterocycles. The number of nitro benzene ring substituents is 1. The van der Waals surface area contributed by atoms with E-state index < -0.39 is 4.92 Å². The van der Waals surface area contributed by atoms with Crippen LogP contribution in [0.5, 0.6) is 0 Å². The van der Waals surface area contributed by atoms with Crippen LogP contribution < -0.4 is 4.90 Å². The summed E-state index contributed by atoms with van der Waals surface area (Å²) in [5, 5.41) is 20.0. The monoisotopic (exact) mass is 250 g/mol. The maximum atomic E-state index is 10.8. The number of piperidine rings is 1. The van der Waals surface area contributed by atoms with E-state index in [0.717, 1.165) is 25.1 Å². The van der Waals surface area contributed by atoms with E-state index in [2.05, 4.69) is 11.8 Å². The molecule has 2 rings (SSSR count). The van der Waals surface area contributed by atoms with E-state index >= 15 is 0 Å². The van der Waals surface area contributed by atoms with Crippen LogP contribution in [0.25, 0.3) is 0 Å². The Morgan fingerprint density at radius 1 is 1.50 bits per heavy atom. The van der Waals surface area contributed by atoms with Crippen LogP contribution >= 0.6 is 0 Å². The van der Waals surface area contributed by atoms with Crippen LogP contribution in [0.3, 0.4) is 0 Å². The van der Waals surface area contributed by atoms with Crippen molar-refractivity contribution in [3.63, 3.8) is 0 Å². The molecule has 0 spiro atoms. The van der Waals surface area contributed by atoms with Gasteiger partial charge in [0, 0.05) is 24.3 Å². The third-order valence-electron chi connectivity index (χ3n) is 3.56. The molecule has 98 valence electrons. The minimum absolute atomic E-state index is 0.00841. The van der Waals surface area contributed by atoms with Crippen LogP contribution in [0.15, 0.2) is 18.2 Å². The first-order chi connectivity index (χ1) is 8.63. The Labute approximate surface area is 106 Å². The molecule has 0 saturated carbocycles. The predicted octanol–water partition coefficient (Wildman–Crippen LogP) is 2.47. The first-order valence-corrected chi connectivity index (χ1v) is 6.28. The number of aliphatic hydroxyl groups is 1. The summed E-state index contributed by atoms with van der Waals surface area (Å²) in [7, 11) is 0. The lowest BCUT2D eigenvalue weighted by Gasteiger charge is -2.35. The van der Waals surface area contributed by atoms with Crippen molar-refractivity contribution in [3.05, 3.63) is 33.9 Å². The van der Waals surface area contributed by atoms with Gasteiger partial charge in [-0.2, -0.15) is 0 Å². The zero-order valence-electron chi connectivity index (χ0n) is 10.5. The van der Waals surface area contributed by atoms with Crippen molar-refractivity contribution in [2.45, 2.75) is 38.8 Å². The second-order valence-electron chi connectivity index (χ2n) is 4.77. The molecule has 5 nitrogen and oxygen atoms in total. The van der Waals surface area contributed by atoms with Gasteiger partial charge in [0.2, 0.25) is 0 Å². The minimum atomic E-state index is -0.449. The van der Waals surface area contributed by atoms with Crippen LogP contribution in [-0.2, 0) is 6.61 Å². The Morgan fingerprint density at radius 2 is 2.28 bits per heavy atom. The Kier molecular flexibility index (Phi) is 3.81. The lowest BCUT2D eigenvalue weighted by Crippen LogP contribution is -2.37. The molecule has 1 saturated heterocycles. The molecule has 1 aromatic carbocycles. The minimum Gasteiger partial charge on any atom is -0.391 e. The highest BCUT2D eigenvalue weighted by molar-refractivity contribution is 5.56. The molecule has 1 atom stereocenters. The number of benzene rings is 1. The number of rotatable bonds is 3. The van der Waals surface area contributed by atoms with Gasteiger partial charge in [-0.25, -0.2) is 0 Å². The van der Waals surface area contributed by atoms with Gasteiger partial charge in [-0.15, -0.1) is 0 Å². The Balaban J connectivity index is 2.31. The first-order valence-electron chi connectivity index (χ1n) is 6.28. The second-order valence-corrected chi connectivity index (χ2v) is 4.77. The van der Waals surface area contributed by atoms with Crippen LogP contribution in [-0.4, -0.2) is 22.6 Å². The number of aliphatic hydroxyl groups excluding tert-OH is 1. The smallest absolute Gasteiger partial charge is 0.275 e. The molecule has 1 fully saturated rings. The summed E-state index contributed by atoms with van der Waals surface area (Å²) in [6, 6.07) is 5.45. The lowest BCUT2D eigenvalue weighted by atomic mass is 10.0. The molecule has 1 N–H and O–H groups in total. The number of hydrogen-bond acceptors (Lipinski definition) is 4. The molecule has 0 bridgehead atoms. The fourth-order valence-corrected chi connectivity index (χ4v) is 2.54. The molecule has 18 heavy (non-hydrogen) atoms. The van der Waals surface area contributed by atoms with Crippen molar-refractivity contribution < 1.29 is 10.0 Å². The number of nitrogens with zero attached hydrogens (tertiary/aromatic N) is 2. The summed E-state index contributed by atoms with van der Waals surface area (Å²) in [4.78, 5) is 12.6. The van der Waals surface area contributed by atoms with Crippen molar-refractivity contribution in [3.8, 4) is 0 Å². The topological polar surface area (TPSA) is 66.6 Å². The van der Waals surface area contributed by atoms with Gasteiger partial charge in [0.1, 0.15) is 0 Å². The molecule has 1 aromatic rings. The van der Waals surface area contributed by atoms with E-state index in [0.29, 0.717) is 11.6 Å². The summed E-state index contributed by atoms with van der Waals surface area (Å²) in [5.74, 6) is 0. The van der Waals surface area contributed by atoms with Crippen molar-refractivity contribution in [2.75, 3.05) is 11.4 Å². The molecule has 1 heterocycles. The molecule has 0 radical (unpaired) electrons. The van der Waals surface area contributed by atoms with E-state index in [1.807, 2.05) is 0 Å². The van der Waals surface area contributed by atoms with E-state index in [4.69, 9.17) is 0 Å². The van der Waals surface area contributed by atoms with Crippen molar-refractivity contribution in [2.24, 2.45) is 0 Å². The normalized spacial score (nSPS) is 19.9. The SMILES string of the molecule is CC1CCCCN1c1ccc([N+](=O)[O-])c(CO)c1. The Hall–Kier alpha value is -1.62. The fourth-order valence-electron chi connectivity index (χ4n) is 2.54. The average Bonchev–Trinajstić information content (AvgIpc) is 2.38. The molecule has 1 aliphatic rings. The summed E-state index contributed by atoms with van der Waals surface area (Å²) in [5.41, 5.74) is 1.35. The predicted molar refractivity (Wildman–Crippen MR) is 69.7 cm³/mol. The molecule has 5 heteroatoms. The number of anilines is 1. The van der Waals surface area contributed by atoms with Crippen LogP contribution in [0.2, 0.25) is 0 Å². The zero-order valence-corrected chi connectivity index (χ0v) is 10.5. The van der Waals surface area contributed by atoms with Gasteiger partial charge >= 0.3 is 0 Å². The maximum absolute atomic E-state index is 10.8. The van der Waals surface area contributed by atoms with Gasteiger partial charge in [0.25, 0.3) is 5.69 Å². The highest BCUT2D eigenvalue weighted by Crippen LogP contribution is 2.29. The average molecular weight is 250 g/mol. The van der Waals surface area contributed by atoms with Crippen LogP contribution in [0.1, 0.15) is 31.7 Å². The maximum Gasteiger partial charge on any atom is 0.275 e. The molecule has 1 aliphatic heterocycles. The summed E-state index contributed by atoms with van der Waals surface area (Å²) in [6.45, 7) is 2.84. The van der Waals surface area contributed by atoms with E-state index in [1.165, 1.54) is 12.5 Å². The fraction of sp³-hybridized carbons (Fsp3) is 0.538. The number of nitro groups is 1. The molecule has 0 aliphatic carbocycles. The van der Waals surface area contributed by atoms with E-state index in [1.54, 1.807) is 12.1 Å². The van der Waals surface area contributed by atoms with Crippen molar-refractivity contribution in [1.29, 1.82) is 0 Å².